The SMILES string of the molecule is CCCCc1nnc(NC(=O)c2ccccc2C)s1. The Labute approximate surface area is 116 Å². The molecular weight excluding hydrogens is 258 g/mol. The number of carbonyl (C=O) groups excluding carboxylic acids is 1. The molecule has 0 saturated heterocycles. The molecule has 0 atom stereocenters. The van der Waals surface area contributed by atoms with Crippen molar-refractivity contribution in [2.45, 2.75) is 33.1 Å². The molecule has 1 aromatic carbocycles. The van der Waals surface area contributed by atoms with Crippen LogP contribution in [0, 0.1) is 6.92 Å². The number of unbranched alkanes of at least 4 members (excludes halogenated alkanes) is 1. The summed E-state index contributed by atoms with van der Waals surface area (Å²) in [6, 6.07) is 7.50. The van der Waals surface area contributed by atoms with Crippen molar-refractivity contribution in [3.8, 4) is 0 Å². The van der Waals surface area contributed by atoms with Crippen LogP contribution in [0.15, 0.2) is 24.3 Å². The van der Waals surface area contributed by atoms with Gasteiger partial charge in [0.05, 0.1) is 0 Å². The van der Waals surface area contributed by atoms with Gasteiger partial charge in [0.2, 0.25) is 5.13 Å². The highest BCUT2D eigenvalue weighted by molar-refractivity contribution is 7.15. The maximum absolute atomic E-state index is 12.1. The van der Waals surface area contributed by atoms with Gasteiger partial charge in [-0.1, -0.05) is 42.9 Å². The lowest BCUT2D eigenvalue weighted by Crippen LogP contribution is -2.12. The zero-order valence-corrected chi connectivity index (χ0v) is 12.0. The van der Waals surface area contributed by atoms with Crippen LogP contribution >= 0.6 is 11.3 Å². The van der Waals surface area contributed by atoms with Crippen molar-refractivity contribution < 1.29 is 4.79 Å². The summed E-state index contributed by atoms with van der Waals surface area (Å²) in [5.74, 6) is -0.128. The van der Waals surface area contributed by atoms with E-state index in [0.29, 0.717) is 10.7 Å². The lowest BCUT2D eigenvalue weighted by Gasteiger charge is -2.03. The second-order valence-corrected chi connectivity index (χ2v) is 5.44. The molecule has 0 spiro atoms. The molecule has 2 aromatic rings. The quantitative estimate of drug-likeness (QED) is 0.909. The number of amides is 1. The summed E-state index contributed by atoms with van der Waals surface area (Å²) in [5, 5.41) is 12.4. The summed E-state index contributed by atoms with van der Waals surface area (Å²) in [6.07, 6.45) is 3.15. The van der Waals surface area contributed by atoms with E-state index in [-0.39, 0.29) is 5.91 Å². The summed E-state index contributed by atoms with van der Waals surface area (Å²) in [4.78, 5) is 12.1. The van der Waals surface area contributed by atoms with Crippen molar-refractivity contribution in [3.05, 3.63) is 40.4 Å². The fraction of sp³-hybridized carbons (Fsp3) is 0.357. The Morgan fingerprint density at radius 3 is 2.84 bits per heavy atom. The van der Waals surface area contributed by atoms with Crippen LogP contribution in [-0.4, -0.2) is 16.1 Å². The summed E-state index contributed by atoms with van der Waals surface area (Å²) >= 11 is 1.45. The Bertz CT molecular complexity index is 565. The van der Waals surface area contributed by atoms with Crippen LogP contribution in [0.3, 0.4) is 0 Å². The van der Waals surface area contributed by atoms with Gasteiger partial charge in [0.1, 0.15) is 5.01 Å². The van der Waals surface area contributed by atoms with E-state index in [4.69, 9.17) is 0 Å². The lowest BCUT2D eigenvalue weighted by atomic mass is 10.1. The normalized spacial score (nSPS) is 10.4. The standard InChI is InChI=1S/C14H17N3OS/c1-3-4-9-12-16-17-14(19-12)15-13(18)11-8-6-5-7-10(11)2/h5-8H,3-4,9H2,1-2H3,(H,15,17,18). The number of aromatic nitrogens is 2. The van der Waals surface area contributed by atoms with Gasteiger partial charge >= 0.3 is 0 Å². The maximum atomic E-state index is 12.1. The van der Waals surface area contributed by atoms with E-state index in [9.17, 15) is 4.79 Å². The molecular formula is C14H17N3OS. The molecule has 1 N–H and O–H groups in total. The van der Waals surface area contributed by atoms with Gasteiger partial charge in [-0.05, 0) is 25.0 Å². The molecule has 100 valence electrons. The third-order valence-electron chi connectivity index (χ3n) is 2.82. The molecule has 1 amide bonds. The molecule has 0 aliphatic heterocycles. The van der Waals surface area contributed by atoms with Crippen LogP contribution in [0.2, 0.25) is 0 Å². The van der Waals surface area contributed by atoms with Crippen molar-refractivity contribution in [2.24, 2.45) is 0 Å². The minimum atomic E-state index is -0.128. The Kier molecular flexibility index (Phi) is 4.63. The number of rotatable bonds is 5. The van der Waals surface area contributed by atoms with Crippen molar-refractivity contribution in [1.29, 1.82) is 0 Å². The third-order valence-corrected chi connectivity index (χ3v) is 3.72. The molecule has 5 heteroatoms. The van der Waals surface area contributed by atoms with Gasteiger partial charge in [0, 0.05) is 12.0 Å². The number of nitrogens with zero attached hydrogens (tertiary/aromatic N) is 2. The third kappa shape index (κ3) is 3.61. The molecule has 0 fully saturated rings. The second-order valence-electron chi connectivity index (χ2n) is 4.37. The topological polar surface area (TPSA) is 54.9 Å². The maximum Gasteiger partial charge on any atom is 0.257 e. The molecule has 0 aliphatic carbocycles. The Balaban J connectivity index is 2.03. The molecule has 1 aromatic heterocycles. The molecule has 0 unspecified atom stereocenters. The number of benzene rings is 1. The largest absolute Gasteiger partial charge is 0.296 e. The van der Waals surface area contributed by atoms with Crippen LogP contribution in [0.5, 0.6) is 0 Å². The van der Waals surface area contributed by atoms with Gasteiger partial charge in [0.15, 0.2) is 0 Å². The molecule has 0 bridgehead atoms. The number of carbonyl (C=O) groups is 1. The average Bonchev–Trinajstić information content (AvgIpc) is 2.84. The average molecular weight is 275 g/mol. The first kappa shape index (κ1) is 13.7. The smallest absolute Gasteiger partial charge is 0.257 e. The number of hydrogen-bond donors (Lipinski definition) is 1. The Hall–Kier alpha value is -1.75. The predicted octanol–water partition coefficient (Wildman–Crippen LogP) is 3.44. The van der Waals surface area contributed by atoms with E-state index < -0.39 is 0 Å². The van der Waals surface area contributed by atoms with E-state index in [1.807, 2.05) is 31.2 Å². The van der Waals surface area contributed by atoms with Crippen LogP contribution in [-0.2, 0) is 6.42 Å². The Morgan fingerprint density at radius 1 is 1.32 bits per heavy atom. The minimum Gasteiger partial charge on any atom is -0.296 e. The molecule has 19 heavy (non-hydrogen) atoms. The van der Waals surface area contributed by atoms with Gasteiger partial charge in [-0.3, -0.25) is 10.1 Å². The monoisotopic (exact) mass is 275 g/mol. The van der Waals surface area contributed by atoms with E-state index in [0.717, 1.165) is 29.8 Å². The highest BCUT2D eigenvalue weighted by Gasteiger charge is 2.11. The molecule has 1 heterocycles. The van der Waals surface area contributed by atoms with Gasteiger partial charge in [-0.2, -0.15) is 0 Å². The Morgan fingerprint density at radius 2 is 2.11 bits per heavy atom. The predicted molar refractivity (Wildman–Crippen MR) is 77.7 cm³/mol. The van der Waals surface area contributed by atoms with Crippen LogP contribution in [0.1, 0.15) is 40.7 Å². The van der Waals surface area contributed by atoms with E-state index in [1.54, 1.807) is 0 Å². The first-order valence-corrected chi connectivity index (χ1v) is 7.21. The van der Waals surface area contributed by atoms with Gasteiger partial charge < -0.3 is 0 Å². The van der Waals surface area contributed by atoms with E-state index in [2.05, 4.69) is 22.4 Å². The number of nitrogens with one attached hydrogen (secondary N) is 1. The van der Waals surface area contributed by atoms with Crippen molar-refractivity contribution in [1.82, 2.24) is 10.2 Å². The van der Waals surface area contributed by atoms with Crippen molar-refractivity contribution in [2.75, 3.05) is 5.32 Å². The summed E-state index contributed by atoms with van der Waals surface area (Å²) < 4.78 is 0. The second kappa shape index (κ2) is 6.43. The fourth-order valence-corrected chi connectivity index (χ4v) is 2.50. The van der Waals surface area contributed by atoms with E-state index in [1.165, 1.54) is 11.3 Å². The van der Waals surface area contributed by atoms with Crippen LogP contribution < -0.4 is 5.32 Å². The minimum absolute atomic E-state index is 0.128. The van der Waals surface area contributed by atoms with Gasteiger partial charge in [-0.25, -0.2) is 0 Å². The summed E-state index contributed by atoms with van der Waals surface area (Å²) in [7, 11) is 0. The summed E-state index contributed by atoms with van der Waals surface area (Å²) in [6.45, 7) is 4.06. The van der Waals surface area contributed by atoms with E-state index >= 15 is 0 Å². The van der Waals surface area contributed by atoms with Gasteiger partial charge in [0.25, 0.3) is 5.91 Å². The zero-order chi connectivity index (χ0) is 13.7. The number of anilines is 1. The molecule has 0 aliphatic rings. The highest BCUT2D eigenvalue weighted by atomic mass is 32.1. The summed E-state index contributed by atoms with van der Waals surface area (Å²) in [5.41, 5.74) is 1.63. The lowest BCUT2D eigenvalue weighted by molar-refractivity contribution is 0.102. The molecule has 0 saturated carbocycles. The van der Waals surface area contributed by atoms with Gasteiger partial charge in [-0.15, -0.1) is 10.2 Å². The van der Waals surface area contributed by atoms with Crippen molar-refractivity contribution >= 4 is 22.4 Å². The number of hydrogen-bond acceptors (Lipinski definition) is 4. The zero-order valence-electron chi connectivity index (χ0n) is 11.1. The first-order valence-electron chi connectivity index (χ1n) is 6.40. The number of aryl methyl sites for hydroxylation is 2. The highest BCUT2D eigenvalue weighted by Crippen LogP contribution is 2.18. The van der Waals surface area contributed by atoms with Crippen molar-refractivity contribution in [3.63, 3.8) is 0 Å². The molecule has 2 rings (SSSR count). The first-order chi connectivity index (χ1) is 9.20. The molecule has 0 radical (unpaired) electrons. The van der Waals surface area contributed by atoms with Crippen LogP contribution in [0.25, 0.3) is 0 Å². The van der Waals surface area contributed by atoms with Crippen LogP contribution in [0.4, 0.5) is 5.13 Å². The fourth-order valence-electron chi connectivity index (χ4n) is 1.73. The molecule has 4 nitrogen and oxygen atoms in total.